The van der Waals surface area contributed by atoms with Gasteiger partial charge in [-0.25, -0.2) is 0 Å². The summed E-state index contributed by atoms with van der Waals surface area (Å²) in [5, 5.41) is 10.8. The first-order valence-electron chi connectivity index (χ1n) is 6.74. The highest BCUT2D eigenvalue weighted by Crippen LogP contribution is 2.42. The summed E-state index contributed by atoms with van der Waals surface area (Å²) < 4.78 is 5.23. The third-order valence-electron chi connectivity index (χ3n) is 4.05. The Balaban J connectivity index is 2.26. The van der Waals surface area contributed by atoms with E-state index >= 15 is 0 Å². The zero-order valence-corrected chi connectivity index (χ0v) is 11.9. The number of aliphatic hydroxyl groups is 1. The van der Waals surface area contributed by atoms with Crippen LogP contribution in [0.4, 0.5) is 0 Å². The number of hydrogen-bond acceptors (Lipinski definition) is 2. The molecule has 1 aliphatic rings. The van der Waals surface area contributed by atoms with Gasteiger partial charge in [-0.15, -0.1) is 0 Å². The molecule has 1 unspecified atom stereocenters. The van der Waals surface area contributed by atoms with Gasteiger partial charge in [0.05, 0.1) is 12.2 Å². The van der Waals surface area contributed by atoms with Crippen molar-refractivity contribution in [1.82, 2.24) is 0 Å². The highest BCUT2D eigenvalue weighted by Gasteiger charge is 2.44. The van der Waals surface area contributed by atoms with Gasteiger partial charge in [0.15, 0.2) is 0 Å². The zero-order chi connectivity index (χ0) is 13.3. The van der Waals surface area contributed by atoms with Crippen molar-refractivity contribution in [3.63, 3.8) is 0 Å². The smallest absolute Gasteiger partial charge is 0.0948 e. The van der Waals surface area contributed by atoms with Crippen LogP contribution in [0.3, 0.4) is 0 Å². The summed E-state index contributed by atoms with van der Waals surface area (Å²) in [7, 11) is 1.67. The lowest BCUT2D eigenvalue weighted by molar-refractivity contribution is -0.0476. The van der Waals surface area contributed by atoms with Gasteiger partial charge in [-0.3, -0.25) is 0 Å². The zero-order valence-electron chi connectivity index (χ0n) is 11.9. The van der Waals surface area contributed by atoms with Crippen molar-refractivity contribution in [3.8, 4) is 0 Å². The largest absolute Gasteiger partial charge is 0.387 e. The normalized spacial score (nSPS) is 18.7. The minimum Gasteiger partial charge on any atom is -0.387 e. The summed E-state index contributed by atoms with van der Waals surface area (Å²) in [6.45, 7) is 6.82. The van der Waals surface area contributed by atoms with Gasteiger partial charge in [0.25, 0.3) is 0 Å². The minimum atomic E-state index is -0.681. The van der Waals surface area contributed by atoms with Gasteiger partial charge in [-0.1, -0.05) is 17.7 Å². The number of benzene rings is 1. The average Bonchev–Trinajstić information content (AvgIpc) is 3.07. The standard InChI is InChI=1S/C16H24O2/c1-11-7-12(2)15(13(3)8-11)9-16(17,10-18-4)14-5-6-14/h7-8,14,17H,5-6,9-10H2,1-4H3. The second-order valence-electron chi connectivity index (χ2n) is 5.86. The van der Waals surface area contributed by atoms with E-state index in [0.717, 1.165) is 12.8 Å². The van der Waals surface area contributed by atoms with E-state index in [1.165, 1.54) is 22.3 Å². The van der Waals surface area contributed by atoms with E-state index in [1.54, 1.807) is 7.11 Å². The molecule has 2 nitrogen and oxygen atoms in total. The van der Waals surface area contributed by atoms with E-state index in [2.05, 4.69) is 32.9 Å². The van der Waals surface area contributed by atoms with E-state index in [4.69, 9.17) is 4.74 Å². The second kappa shape index (κ2) is 5.02. The van der Waals surface area contributed by atoms with E-state index in [0.29, 0.717) is 18.9 Å². The minimum absolute atomic E-state index is 0.414. The van der Waals surface area contributed by atoms with Gasteiger partial charge in [0.1, 0.15) is 0 Å². The number of aryl methyl sites for hydroxylation is 3. The summed E-state index contributed by atoms with van der Waals surface area (Å²) in [5.41, 5.74) is 4.45. The van der Waals surface area contributed by atoms with Crippen molar-refractivity contribution in [2.24, 2.45) is 5.92 Å². The van der Waals surface area contributed by atoms with Crippen LogP contribution < -0.4 is 0 Å². The highest BCUT2D eigenvalue weighted by atomic mass is 16.5. The first-order chi connectivity index (χ1) is 8.46. The van der Waals surface area contributed by atoms with Crippen molar-refractivity contribution in [2.75, 3.05) is 13.7 Å². The van der Waals surface area contributed by atoms with Gasteiger partial charge in [0.2, 0.25) is 0 Å². The molecule has 1 saturated carbocycles. The van der Waals surface area contributed by atoms with Crippen molar-refractivity contribution in [3.05, 3.63) is 34.4 Å². The number of ether oxygens (including phenoxy) is 1. The van der Waals surface area contributed by atoms with Crippen LogP contribution in [0.25, 0.3) is 0 Å². The SMILES string of the molecule is COCC(O)(Cc1c(C)cc(C)cc1C)C1CC1. The molecule has 0 amide bonds. The van der Waals surface area contributed by atoms with Crippen molar-refractivity contribution in [1.29, 1.82) is 0 Å². The number of methoxy groups -OCH3 is 1. The molecule has 2 heteroatoms. The monoisotopic (exact) mass is 248 g/mol. The van der Waals surface area contributed by atoms with Gasteiger partial charge in [0, 0.05) is 13.5 Å². The van der Waals surface area contributed by atoms with Crippen LogP contribution >= 0.6 is 0 Å². The Morgan fingerprint density at radius 3 is 2.22 bits per heavy atom. The Kier molecular flexibility index (Phi) is 3.79. The predicted octanol–water partition coefficient (Wildman–Crippen LogP) is 2.94. The molecular formula is C16H24O2. The lowest BCUT2D eigenvalue weighted by Crippen LogP contribution is -2.39. The van der Waals surface area contributed by atoms with Crippen LogP contribution in [0, 0.1) is 26.7 Å². The Morgan fingerprint density at radius 2 is 1.78 bits per heavy atom. The first kappa shape index (κ1) is 13.6. The highest BCUT2D eigenvalue weighted by molar-refractivity contribution is 5.38. The maximum atomic E-state index is 10.8. The fourth-order valence-electron chi connectivity index (χ4n) is 2.98. The fraction of sp³-hybridized carbons (Fsp3) is 0.625. The number of hydrogen-bond donors (Lipinski definition) is 1. The molecule has 0 aromatic heterocycles. The molecule has 1 atom stereocenters. The van der Waals surface area contributed by atoms with Gasteiger partial charge >= 0.3 is 0 Å². The summed E-state index contributed by atoms with van der Waals surface area (Å²) in [6.07, 6.45) is 2.97. The third kappa shape index (κ3) is 2.76. The maximum Gasteiger partial charge on any atom is 0.0948 e. The molecule has 1 fully saturated rings. The maximum absolute atomic E-state index is 10.8. The summed E-state index contributed by atoms with van der Waals surface area (Å²) in [4.78, 5) is 0. The summed E-state index contributed by atoms with van der Waals surface area (Å²) in [6, 6.07) is 4.39. The van der Waals surface area contributed by atoms with Crippen molar-refractivity contribution >= 4 is 0 Å². The molecule has 1 aliphatic carbocycles. The lowest BCUT2D eigenvalue weighted by Gasteiger charge is -2.29. The molecule has 0 spiro atoms. The molecule has 2 rings (SSSR count). The van der Waals surface area contributed by atoms with Gasteiger partial charge in [-0.2, -0.15) is 0 Å². The lowest BCUT2D eigenvalue weighted by atomic mass is 9.86. The van der Waals surface area contributed by atoms with Crippen LogP contribution in [0.1, 0.15) is 35.1 Å². The average molecular weight is 248 g/mol. The van der Waals surface area contributed by atoms with E-state index in [-0.39, 0.29) is 0 Å². The number of rotatable bonds is 5. The van der Waals surface area contributed by atoms with Crippen LogP contribution in [-0.2, 0) is 11.2 Å². The van der Waals surface area contributed by atoms with E-state index in [1.807, 2.05) is 0 Å². The second-order valence-corrected chi connectivity index (χ2v) is 5.86. The summed E-state index contributed by atoms with van der Waals surface area (Å²) in [5.74, 6) is 0.414. The van der Waals surface area contributed by atoms with E-state index < -0.39 is 5.60 Å². The van der Waals surface area contributed by atoms with Gasteiger partial charge < -0.3 is 9.84 Å². The van der Waals surface area contributed by atoms with Crippen LogP contribution in [0.5, 0.6) is 0 Å². The topological polar surface area (TPSA) is 29.5 Å². The molecule has 0 aliphatic heterocycles. The quantitative estimate of drug-likeness (QED) is 0.868. The van der Waals surface area contributed by atoms with Gasteiger partial charge in [-0.05, 0) is 56.2 Å². The molecule has 1 aromatic carbocycles. The first-order valence-corrected chi connectivity index (χ1v) is 6.74. The molecule has 100 valence electrons. The Hall–Kier alpha value is -0.860. The molecule has 0 heterocycles. The van der Waals surface area contributed by atoms with Crippen LogP contribution in [-0.4, -0.2) is 24.4 Å². The Bertz CT molecular complexity index is 412. The summed E-state index contributed by atoms with van der Waals surface area (Å²) >= 11 is 0. The molecule has 18 heavy (non-hydrogen) atoms. The predicted molar refractivity (Wildman–Crippen MR) is 73.9 cm³/mol. The molecular weight excluding hydrogens is 224 g/mol. The Labute approximate surface area is 110 Å². The van der Waals surface area contributed by atoms with Crippen LogP contribution in [0.15, 0.2) is 12.1 Å². The Morgan fingerprint density at radius 1 is 1.22 bits per heavy atom. The molecule has 0 bridgehead atoms. The van der Waals surface area contributed by atoms with E-state index in [9.17, 15) is 5.11 Å². The third-order valence-corrected chi connectivity index (χ3v) is 4.05. The van der Waals surface area contributed by atoms with Crippen molar-refractivity contribution < 1.29 is 9.84 Å². The molecule has 0 saturated heterocycles. The molecule has 1 N–H and O–H groups in total. The van der Waals surface area contributed by atoms with Crippen LogP contribution in [0.2, 0.25) is 0 Å². The van der Waals surface area contributed by atoms with Crippen molar-refractivity contribution in [2.45, 2.75) is 45.6 Å². The fourth-order valence-corrected chi connectivity index (χ4v) is 2.98. The molecule has 1 aromatic rings. The molecule has 0 radical (unpaired) electrons.